The first-order valence-corrected chi connectivity index (χ1v) is 11.9. The molecule has 5 rings (SSSR count). The maximum Gasteiger partial charge on any atom is 0.337 e. The molecule has 0 bridgehead atoms. The molecule has 1 amide bonds. The van der Waals surface area contributed by atoms with Gasteiger partial charge in [0, 0.05) is 24.2 Å². The molecule has 180 valence electrons. The molecule has 3 N–H and O–H groups in total. The summed E-state index contributed by atoms with van der Waals surface area (Å²) in [5, 5.41) is 6.19. The number of fused-ring (bicyclic) bond motifs is 2. The molecule has 0 aliphatic heterocycles. The number of ether oxygens (including phenoxy) is 1. The van der Waals surface area contributed by atoms with Crippen molar-refractivity contribution in [2.24, 2.45) is 7.05 Å². The van der Waals surface area contributed by atoms with Crippen molar-refractivity contribution >= 4 is 56.8 Å². The minimum Gasteiger partial charge on any atom is -0.465 e. The van der Waals surface area contributed by atoms with Crippen molar-refractivity contribution in [3.63, 3.8) is 0 Å². The predicted octanol–water partition coefficient (Wildman–Crippen LogP) is 3.88. The average Bonchev–Trinajstić information content (AvgIpc) is 3.59. The van der Waals surface area contributed by atoms with E-state index in [1.807, 2.05) is 17.5 Å². The number of thiophene rings is 1. The Balaban J connectivity index is 0.000000308. The lowest BCUT2D eigenvalue weighted by atomic mass is 10.0. The third-order valence-corrected chi connectivity index (χ3v) is 6.59. The maximum atomic E-state index is 12.9. The van der Waals surface area contributed by atoms with Crippen LogP contribution in [0.1, 0.15) is 54.8 Å². The lowest BCUT2D eigenvalue weighted by Crippen LogP contribution is -2.28. The summed E-state index contributed by atoms with van der Waals surface area (Å²) in [5.74, 6) is -0.645. The summed E-state index contributed by atoms with van der Waals surface area (Å²) in [6, 6.07) is 6.97. The number of carbonyl (C=O) groups excluding carboxylic acids is 3. The zero-order valence-corrected chi connectivity index (χ0v) is 20.5. The monoisotopic (exact) mass is 511 g/mol. The third-order valence-electron chi connectivity index (χ3n) is 5.69. The van der Waals surface area contributed by atoms with Crippen LogP contribution in [-0.4, -0.2) is 38.8 Å². The number of nitrogens with one attached hydrogen (secondary N) is 1. The number of anilines is 1. The largest absolute Gasteiger partial charge is 0.465 e. The minimum absolute atomic E-state index is 0.137. The van der Waals surface area contributed by atoms with Crippen molar-refractivity contribution in [1.29, 1.82) is 0 Å². The van der Waals surface area contributed by atoms with Crippen LogP contribution in [0.4, 0.5) is 5.69 Å². The molecule has 1 aliphatic rings. The number of methoxy groups -OCH3 is 1. The quantitative estimate of drug-likeness (QED) is 0.314. The normalized spacial score (nSPS) is 14.1. The van der Waals surface area contributed by atoms with E-state index >= 15 is 0 Å². The van der Waals surface area contributed by atoms with Gasteiger partial charge in [-0.05, 0) is 59.1 Å². The van der Waals surface area contributed by atoms with Crippen molar-refractivity contribution in [2.45, 2.75) is 18.9 Å². The number of esters is 1. The van der Waals surface area contributed by atoms with Crippen LogP contribution < -0.4 is 11.1 Å². The Bertz CT molecular complexity index is 1420. The fourth-order valence-electron chi connectivity index (χ4n) is 4.04. The molecule has 1 aliphatic carbocycles. The lowest BCUT2D eigenvalue weighted by molar-refractivity contribution is 0.0600. The van der Waals surface area contributed by atoms with Crippen molar-refractivity contribution in [3.8, 4) is 0 Å². The van der Waals surface area contributed by atoms with E-state index in [1.165, 1.54) is 24.8 Å². The Labute approximate surface area is 209 Å². The van der Waals surface area contributed by atoms with Crippen LogP contribution in [0, 0.1) is 0 Å². The van der Waals surface area contributed by atoms with Gasteiger partial charge in [-0.2, -0.15) is 11.3 Å². The second-order valence-corrected chi connectivity index (χ2v) is 8.99. The molecule has 0 spiro atoms. The highest BCUT2D eigenvalue weighted by Crippen LogP contribution is 2.32. The average molecular weight is 512 g/mol. The number of carbonyl (C=O) groups is 3. The first-order chi connectivity index (χ1) is 16.8. The van der Waals surface area contributed by atoms with E-state index in [0.717, 1.165) is 24.0 Å². The molecule has 0 saturated heterocycles. The number of halogens is 1. The van der Waals surface area contributed by atoms with Gasteiger partial charge >= 0.3 is 5.97 Å². The smallest absolute Gasteiger partial charge is 0.337 e. The summed E-state index contributed by atoms with van der Waals surface area (Å²) in [7, 11) is 3.16. The fourth-order valence-corrected chi connectivity index (χ4v) is 4.86. The molecule has 0 radical (unpaired) electrons. The number of nitrogens with two attached hydrogens (primary N) is 1. The van der Waals surface area contributed by atoms with Crippen LogP contribution in [0.15, 0.2) is 47.5 Å². The Hall–Kier alpha value is -3.76. The van der Waals surface area contributed by atoms with Crippen LogP contribution in [0.25, 0.3) is 11.0 Å². The van der Waals surface area contributed by atoms with Crippen LogP contribution in [-0.2, 0) is 18.2 Å². The minimum atomic E-state index is -0.383. The van der Waals surface area contributed by atoms with Gasteiger partial charge in [0.05, 0.1) is 24.4 Å². The number of amides is 1. The number of aryl methyl sites for hydroxylation is 2. The number of aromatic nitrogens is 3. The standard InChI is InChI=1S/C19H19N5O3.C5H3ClOS/c1-24-8-13(20)15-17(24)16(22-9-21-15)18(25)23-14-6-4-10-7-11(19(26)27-2)3-5-12(10)14;6-5(7)4-1-2-8-3-4/h3,5,7-9,14H,4,6,20H2,1-2H3,(H,23,25);1-3H/t14-;/m0./s1. The molecule has 11 heteroatoms. The summed E-state index contributed by atoms with van der Waals surface area (Å²) < 4.78 is 6.52. The molecule has 4 aromatic rings. The van der Waals surface area contributed by atoms with E-state index in [9.17, 15) is 14.4 Å². The molecule has 0 fully saturated rings. The van der Waals surface area contributed by atoms with Gasteiger partial charge in [0.15, 0.2) is 5.69 Å². The number of hydrogen-bond acceptors (Lipinski definition) is 8. The van der Waals surface area contributed by atoms with Crippen LogP contribution in [0.5, 0.6) is 0 Å². The van der Waals surface area contributed by atoms with Crippen molar-refractivity contribution < 1.29 is 19.1 Å². The number of nitrogen functional groups attached to an aromatic ring is 1. The summed E-state index contributed by atoms with van der Waals surface area (Å²) in [6.07, 6.45) is 4.60. The van der Waals surface area contributed by atoms with E-state index in [2.05, 4.69) is 15.3 Å². The lowest BCUT2D eigenvalue weighted by Gasteiger charge is -2.15. The molecule has 1 aromatic carbocycles. The number of hydrogen-bond donors (Lipinski definition) is 2. The summed E-state index contributed by atoms with van der Waals surface area (Å²) >= 11 is 6.57. The Morgan fingerprint density at radius 2 is 2.03 bits per heavy atom. The van der Waals surface area contributed by atoms with Crippen LogP contribution in [0.2, 0.25) is 0 Å². The molecule has 0 unspecified atom stereocenters. The molecule has 0 saturated carbocycles. The second-order valence-electron chi connectivity index (χ2n) is 7.87. The maximum absolute atomic E-state index is 12.9. The van der Waals surface area contributed by atoms with Gasteiger partial charge in [0.1, 0.15) is 17.4 Å². The molecule has 9 nitrogen and oxygen atoms in total. The molecule has 3 heterocycles. The van der Waals surface area contributed by atoms with Crippen LogP contribution in [0.3, 0.4) is 0 Å². The summed E-state index contributed by atoms with van der Waals surface area (Å²) in [5.41, 5.74) is 11.0. The highest BCUT2D eigenvalue weighted by Gasteiger charge is 2.27. The van der Waals surface area contributed by atoms with Gasteiger partial charge < -0.3 is 20.4 Å². The molecular formula is C24H22ClN5O4S. The van der Waals surface area contributed by atoms with Crippen molar-refractivity contribution in [3.05, 3.63) is 75.5 Å². The SMILES string of the molecule is COC(=O)c1ccc2c(c1)CC[C@@H]2NC(=O)c1ncnc2c(N)cn(C)c12.O=C(Cl)c1ccsc1. The van der Waals surface area contributed by atoms with E-state index in [0.29, 0.717) is 33.5 Å². The van der Waals surface area contributed by atoms with Crippen LogP contribution >= 0.6 is 22.9 Å². The molecular weight excluding hydrogens is 490 g/mol. The summed E-state index contributed by atoms with van der Waals surface area (Å²) in [4.78, 5) is 43.2. The zero-order chi connectivity index (χ0) is 25.1. The zero-order valence-electron chi connectivity index (χ0n) is 18.9. The topological polar surface area (TPSA) is 129 Å². The predicted molar refractivity (Wildman–Crippen MR) is 134 cm³/mol. The van der Waals surface area contributed by atoms with Gasteiger partial charge in [0.2, 0.25) is 0 Å². The van der Waals surface area contributed by atoms with Gasteiger partial charge in [-0.25, -0.2) is 14.8 Å². The Morgan fingerprint density at radius 3 is 2.69 bits per heavy atom. The van der Waals surface area contributed by atoms with Crippen molar-refractivity contribution in [2.75, 3.05) is 12.8 Å². The fraction of sp³-hybridized carbons (Fsp3) is 0.208. The van der Waals surface area contributed by atoms with Gasteiger partial charge in [0.25, 0.3) is 11.1 Å². The second kappa shape index (κ2) is 10.2. The van der Waals surface area contributed by atoms with Gasteiger partial charge in [-0.15, -0.1) is 0 Å². The highest BCUT2D eigenvalue weighted by atomic mass is 35.5. The van der Waals surface area contributed by atoms with E-state index < -0.39 is 0 Å². The Morgan fingerprint density at radius 1 is 1.23 bits per heavy atom. The molecule has 35 heavy (non-hydrogen) atoms. The van der Waals surface area contributed by atoms with E-state index in [4.69, 9.17) is 22.1 Å². The van der Waals surface area contributed by atoms with Gasteiger partial charge in [-0.3, -0.25) is 9.59 Å². The number of rotatable bonds is 4. The third kappa shape index (κ3) is 5.03. The first-order valence-electron chi connectivity index (χ1n) is 10.6. The van der Waals surface area contributed by atoms with Crippen molar-refractivity contribution in [1.82, 2.24) is 19.9 Å². The Kier molecular flexibility index (Phi) is 7.13. The first kappa shape index (κ1) is 24.4. The van der Waals surface area contributed by atoms with E-state index in [-0.39, 0.29) is 23.2 Å². The molecule has 1 atom stereocenters. The summed E-state index contributed by atoms with van der Waals surface area (Å²) in [6.45, 7) is 0. The van der Waals surface area contributed by atoms with E-state index in [1.54, 1.807) is 35.3 Å². The molecule has 3 aromatic heterocycles. The van der Waals surface area contributed by atoms with Gasteiger partial charge in [-0.1, -0.05) is 6.07 Å². The number of benzene rings is 1. The number of nitrogens with zero attached hydrogens (tertiary/aromatic N) is 3. The highest BCUT2D eigenvalue weighted by molar-refractivity contribution is 7.08.